The molecule has 0 aromatic heterocycles. The van der Waals surface area contributed by atoms with Gasteiger partial charge in [0.25, 0.3) is 0 Å². The maximum absolute atomic E-state index is 12.3. The molecule has 1 saturated carbocycles. The van der Waals surface area contributed by atoms with Crippen molar-refractivity contribution in [1.82, 2.24) is 0 Å². The number of carbonyl (C=O) groups is 2. The molecule has 5 nitrogen and oxygen atoms in total. The number of hydrogen-bond donors (Lipinski definition) is 2. The molecule has 1 fully saturated rings. The van der Waals surface area contributed by atoms with Crippen molar-refractivity contribution in [1.29, 1.82) is 0 Å². The molecule has 1 aromatic rings. The van der Waals surface area contributed by atoms with E-state index in [2.05, 4.69) is 5.32 Å². The van der Waals surface area contributed by atoms with E-state index in [1.807, 2.05) is 6.92 Å². The summed E-state index contributed by atoms with van der Waals surface area (Å²) in [6, 6.07) is 4.62. The number of aromatic carboxylic acids is 1. The van der Waals surface area contributed by atoms with Gasteiger partial charge in [0, 0.05) is 5.41 Å². The van der Waals surface area contributed by atoms with E-state index < -0.39 is 11.4 Å². The van der Waals surface area contributed by atoms with Gasteiger partial charge in [-0.15, -0.1) is 0 Å². The summed E-state index contributed by atoms with van der Waals surface area (Å²) in [5.41, 5.74) is -0.0360. The third-order valence-electron chi connectivity index (χ3n) is 3.96. The number of anilines is 1. The van der Waals surface area contributed by atoms with Crippen LogP contribution >= 0.6 is 0 Å². The second-order valence-corrected chi connectivity index (χ2v) is 5.44. The Bertz CT molecular complexity index is 533. The van der Waals surface area contributed by atoms with Gasteiger partial charge < -0.3 is 15.2 Å². The fourth-order valence-electron chi connectivity index (χ4n) is 2.59. The minimum Gasteiger partial charge on any atom is -0.497 e. The van der Waals surface area contributed by atoms with Crippen LogP contribution in [0.15, 0.2) is 18.2 Å². The van der Waals surface area contributed by atoms with Crippen molar-refractivity contribution in [3.05, 3.63) is 23.8 Å². The maximum atomic E-state index is 12.3. The fourth-order valence-corrected chi connectivity index (χ4v) is 2.59. The van der Waals surface area contributed by atoms with Crippen LogP contribution in [0.3, 0.4) is 0 Å². The van der Waals surface area contributed by atoms with Crippen LogP contribution in [0.25, 0.3) is 0 Å². The highest BCUT2D eigenvalue weighted by Crippen LogP contribution is 2.38. The van der Waals surface area contributed by atoms with Crippen LogP contribution in [0.1, 0.15) is 43.0 Å². The normalized spacial score (nSPS) is 16.7. The van der Waals surface area contributed by atoms with Gasteiger partial charge >= 0.3 is 5.97 Å². The van der Waals surface area contributed by atoms with Crippen molar-refractivity contribution >= 4 is 17.6 Å². The van der Waals surface area contributed by atoms with Crippen LogP contribution in [0.4, 0.5) is 5.69 Å². The summed E-state index contributed by atoms with van der Waals surface area (Å²) in [6.45, 7) is 1.93. The standard InChI is InChI=1S/C15H19NO4/c1-15(7-3-4-8-15)14(19)16-12-6-5-10(20-2)9-11(12)13(17)18/h5-6,9H,3-4,7-8H2,1-2H3,(H,16,19)(H,17,18). The van der Waals surface area contributed by atoms with Gasteiger partial charge in [-0.05, 0) is 31.0 Å². The molecule has 2 N–H and O–H groups in total. The quantitative estimate of drug-likeness (QED) is 0.887. The highest BCUT2D eigenvalue weighted by atomic mass is 16.5. The minimum absolute atomic E-state index is 0.0410. The summed E-state index contributed by atoms with van der Waals surface area (Å²) < 4.78 is 5.01. The molecule has 0 atom stereocenters. The van der Waals surface area contributed by atoms with E-state index in [0.29, 0.717) is 11.4 Å². The van der Waals surface area contributed by atoms with Gasteiger partial charge in [0.05, 0.1) is 18.4 Å². The van der Waals surface area contributed by atoms with Gasteiger partial charge in [-0.25, -0.2) is 4.79 Å². The number of carboxylic acids is 1. The van der Waals surface area contributed by atoms with E-state index in [1.165, 1.54) is 13.2 Å². The highest BCUT2D eigenvalue weighted by molar-refractivity contribution is 6.02. The zero-order chi connectivity index (χ0) is 14.8. The number of carbonyl (C=O) groups excluding carboxylic acids is 1. The predicted molar refractivity (Wildman–Crippen MR) is 75.2 cm³/mol. The van der Waals surface area contributed by atoms with Gasteiger partial charge in [-0.3, -0.25) is 4.79 Å². The fraction of sp³-hybridized carbons (Fsp3) is 0.467. The summed E-state index contributed by atoms with van der Waals surface area (Å²) >= 11 is 0. The first-order valence-corrected chi connectivity index (χ1v) is 6.69. The summed E-state index contributed by atoms with van der Waals surface area (Å²) in [5.74, 6) is -0.745. The van der Waals surface area contributed by atoms with E-state index >= 15 is 0 Å². The second kappa shape index (κ2) is 5.53. The largest absolute Gasteiger partial charge is 0.497 e. The van der Waals surface area contributed by atoms with Crippen molar-refractivity contribution in [3.63, 3.8) is 0 Å². The van der Waals surface area contributed by atoms with Crippen molar-refractivity contribution < 1.29 is 19.4 Å². The molecule has 108 valence electrons. The second-order valence-electron chi connectivity index (χ2n) is 5.44. The molecule has 0 saturated heterocycles. The van der Waals surface area contributed by atoms with Crippen LogP contribution in [0.2, 0.25) is 0 Å². The summed E-state index contributed by atoms with van der Waals surface area (Å²) in [4.78, 5) is 23.6. The molecule has 1 amide bonds. The number of amides is 1. The Labute approximate surface area is 117 Å². The number of nitrogens with one attached hydrogen (secondary N) is 1. The van der Waals surface area contributed by atoms with E-state index in [-0.39, 0.29) is 11.5 Å². The minimum atomic E-state index is -1.09. The first-order chi connectivity index (χ1) is 9.46. The van der Waals surface area contributed by atoms with Crippen molar-refractivity contribution in [2.45, 2.75) is 32.6 Å². The zero-order valence-corrected chi connectivity index (χ0v) is 11.7. The number of methoxy groups -OCH3 is 1. The van der Waals surface area contributed by atoms with Gasteiger partial charge in [0.2, 0.25) is 5.91 Å². The van der Waals surface area contributed by atoms with Gasteiger partial charge in [-0.2, -0.15) is 0 Å². The first kappa shape index (κ1) is 14.4. The van der Waals surface area contributed by atoms with E-state index in [0.717, 1.165) is 25.7 Å². The average molecular weight is 277 g/mol. The van der Waals surface area contributed by atoms with Crippen molar-refractivity contribution in [2.75, 3.05) is 12.4 Å². The highest BCUT2D eigenvalue weighted by Gasteiger charge is 2.36. The summed E-state index contributed by atoms with van der Waals surface area (Å²) in [7, 11) is 1.47. The molecule has 5 heteroatoms. The van der Waals surface area contributed by atoms with Gasteiger partial charge in [0.1, 0.15) is 5.75 Å². The molecule has 2 rings (SSSR count). The molecule has 1 aliphatic carbocycles. The van der Waals surface area contributed by atoms with Crippen LogP contribution in [0, 0.1) is 5.41 Å². The number of carboxylic acid groups (broad SMARTS) is 1. The van der Waals surface area contributed by atoms with Crippen molar-refractivity contribution in [3.8, 4) is 5.75 Å². The van der Waals surface area contributed by atoms with Crippen LogP contribution in [-0.2, 0) is 4.79 Å². The number of benzene rings is 1. The lowest BCUT2D eigenvalue weighted by Gasteiger charge is -2.22. The number of ether oxygens (including phenoxy) is 1. The smallest absolute Gasteiger partial charge is 0.337 e. The molecular formula is C15H19NO4. The Morgan fingerprint density at radius 3 is 2.50 bits per heavy atom. The Hall–Kier alpha value is -2.04. The lowest BCUT2D eigenvalue weighted by atomic mass is 9.87. The molecule has 1 aliphatic rings. The maximum Gasteiger partial charge on any atom is 0.337 e. The zero-order valence-electron chi connectivity index (χ0n) is 11.7. The molecular weight excluding hydrogens is 258 g/mol. The Morgan fingerprint density at radius 1 is 1.30 bits per heavy atom. The molecule has 0 spiro atoms. The molecule has 0 radical (unpaired) electrons. The summed E-state index contributed by atoms with van der Waals surface area (Å²) in [6.07, 6.45) is 3.77. The SMILES string of the molecule is COc1ccc(NC(=O)C2(C)CCCC2)c(C(=O)O)c1. The van der Waals surface area contributed by atoms with E-state index in [4.69, 9.17) is 4.74 Å². The van der Waals surface area contributed by atoms with Crippen LogP contribution < -0.4 is 10.1 Å². The number of rotatable bonds is 4. The van der Waals surface area contributed by atoms with Gasteiger partial charge in [0.15, 0.2) is 0 Å². The Kier molecular flexibility index (Phi) is 3.97. The van der Waals surface area contributed by atoms with Crippen LogP contribution in [0.5, 0.6) is 5.75 Å². The molecule has 0 heterocycles. The third-order valence-corrected chi connectivity index (χ3v) is 3.96. The molecule has 0 bridgehead atoms. The molecule has 0 unspecified atom stereocenters. The lowest BCUT2D eigenvalue weighted by Crippen LogP contribution is -2.31. The Morgan fingerprint density at radius 2 is 1.95 bits per heavy atom. The molecule has 1 aromatic carbocycles. The molecule has 20 heavy (non-hydrogen) atoms. The third kappa shape index (κ3) is 2.76. The summed E-state index contributed by atoms with van der Waals surface area (Å²) in [5, 5.41) is 12.0. The topological polar surface area (TPSA) is 75.6 Å². The lowest BCUT2D eigenvalue weighted by molar-refractivity contribution is -0.124. The number of hydrogen-bond acceptors (Lipinski definition) is 3. The molecule has 0 aliphatic heterocycles. The first-order valence-electron chi connectivity index (χ1n) is 6.69. The predicted octanol–water partition coefficient (Wildman–Crippen LogP) is 2.91. The average Bonchev–Trinajstić information content (AvgIpc) is 2.87. The van der Waals surface area contributed by atoms with Gasteiger partial charge in [-0.1, -0.05) is 19.8 Å². The van der Waals surface area contributed by atoms with Crippen LogP contribution in [-0.4, -0.2) is 24.1 Å². The Balaban J connectivity index is 2.24. The monoisotopic (exact) mass is 277 g/mol. The van der Waals surface area contributed by atoms with E-state index in [1.54, 1.807) is 12.1 Å². The van der Waals surface area contributed by atoms with E-state index in [9.17, 15) is 14.7 Å². The van der Waals surface area contributed by atoms with Crippen molar-refractivity contribution in [2.24, 2.45) is 5.41 Å².